The van der Waals surface area contributed by atoms with Gasteiger partial charge in [-0.3, -0.25) is 4.79 Å². The first-order chi connectivity index (χ1) is 15.8. The minimum absolute atomic E-state index is 0.0767. The molecule has 4 rings (SSSR count). The molecule has 9 nitrogen and oxygen atoms in total. The Morgan fingerprint density at radius 1 is 1.12 bits per heavy atom. The quantitative estimate of drug-likeness (QED) is 0.594. The summed E-state index contributed by atoms with van der Waals surface area (Å²) in [6.45, 7) is 5.05. The topological polar surface area (TPSA) is 103 Å². The zero-order valence-electron chi connectivity index (χ0n) is 18.7. The molecule has 1 aliphatic heterocycles. The van der Waals surface area contributed by atoms with Crippen LogP contribution in [0.5, 0.6) is 5.75 Å². The standard InChI is InChI=1S/C23H26N4O5S/c1-16-6-4-5-7-21(16)27-17(2)19(15-24-27)23(28)25-20-14-18(8-9-22(20)31-3)33(29,30)26-10-12-32-13-11-26/h4-9,14-15H,10-13H2,1-3H3,(H,25,28). The highest BCUT2D eigenvalue weighted by Crippen LogP contribution is 2.30. The fourth-order valence-corrected chi connectivity index (χ4v) is 5.18. The number of para-hydroxylation sites is 1. The maximum atomic E-state index is 13.1. The summed E-state index contributed by atoms with van der Waals surface area (Å²) in [5.41, 5.74) is 3.21. The second-order valence-corrected chi connectivity index (χ2v) is 9.61. The maximum Gasteiger partial charge on any atom is 0.259 e. The number of aromatic nitrogens is 2. The van der Waals surface area contributed by atoms with Gasteiger partial charge in [-0.25, -0.2) is 13.1 Å². The Hall–Kier alpha value is -3.21. The van der Waals surface area contributed by atoms with E-state index < -0.39 is 15.9 Å². The van der Waals surface area contributed by atoms with Crippen molar-refractivity contribution in [1.29, 1.82) is 0 Å². The number of anilines is 1. The van der Waals surface area contributed by atoms with Crippen LogP contribution in [0.1, 0.15) is 21.6 Å². The second-order valence-electron chi connectivity index (χ2n) is 7.67. The molecule has 3 aromatic rings. The minimum atomic E-state index is -3.72. The first kappa shape index (κ1) is 23.0. The van der Waals surface area contributed by atoms with Gasteiger partial charge in [-0.2, -0.15) is 9.40 Å². The van der Waals surface area contributed by atoms with Crippen molar-refractivity contribution in [3.05, 3.63) is 65.5 Å². The molecule has 0 atom stereocenters. The van der Waals surface area contributed by atoms with E-state index in [-0.39, 0.29) is 23.7 Å². The second kappa shape index (κ2) is 9.34. The van der Waals surface area contributed by atoms with E-state index in [0.717, 1.165) is 11.3 Å². The fourth-order valence-electron chi connectivity index (χ4n) is 3.75. The molecule has 2 aromatic carbocycles. The Balaban J connectivity index is 1.63. The van der Waals surface area contributed by atoms with Crippen LogP contribution in [0.15, 0.2) is 53.6 Å². The van der Waals surface area contributed by atoms with Crippen molar-refractivity contribution in [2.24, 2.45) is 0 Å². The lowest BCUT2D eigenvalue weighted by Gasteiger charge is -2.26. The number of benzene rings is 2. The van der Waals surface area contributed by atoms with Crippen LogP contribution in [-0.2, 0) is 14.8 Å². The number of aryl methyl sites for hydroxylation is 1. The number of carbonyl (C=O) groups excluding carboxylic acids is 1. The molecular formula is C23H26N4O5S. The van der Waals surface area contributed by atoms with E-state index in [0.29, 0.717) is 30.2 Å². The number of nitrogens with zero attached hydrogens (tertiary/aromatic N) is 3. The molecule has 1 aliphatic rings. The van der Waals surface area contributed by atoms with Gasteiger partial charge in [0.1, 0.15) is 5.75 Å². The summed E-state index contributed by atoms with van der Waals surface area (Å²) in [6, 6.07) is 12.2. The van der Waals surface area contributed by atoms with E-state index in [2.05, 4.69) is 10.4 Å². The zero-order valence-corrected chi connectivity index (χ0v) is 19.6. The molecule has 0 saturated carbocycles. The first-order valence-electron chi connectivity index (χ1n) is 10.5. The predicted octanol–water partition coefficient (Wildman–Crippen LogP) is 2.77. The van der Waals surface area contributed by atoms with Gasteiger partial charge in [-0.15, -0.1) is 0 Å². The molecule has 0 radical (unpaired) electrons. The number of methoxy groups -OCH3 is 1. The third-order valence-electron chi connectivity index (χ3n) is 5.63. The lowest BCUT2D eigenvalue weighted by atomic mass is 10.2. The SMILES string of the molecule is COc1ccc(S(=O)(=O)N2CCOCC2)cc1NC(=O)c1cnn(-c2ccccc2C)c1C. The van der Waals surface area contributed by atoms with Gasteiger partial charge < -0.3 is 14.8 Å². The van der Waals surface area contributed by atoms with Crippen molar-refractivity contribution in [3.8, 4) is 11.4 Å². The Bertz CT molecular complexity index is 1280. The van der Waals surface area contributed by atoms with Gasteiger partial charge in [-0.1, -0.05) is 18.2 Å². The highest BCUT2D eigenvalue weighted by Gasteiger charge is 2.27. The molecule has 1 aromatic heterocycles. The van der Waals surface area contributed by atoms with Gasteiger partial charge in [0.2, 0.25) is 10.0 Å². The molecule has 1 amide bonds. The number of morpholine rings is 1. The summed E-state index contributed by atoms with van der Waals surface area (Å²) in [4.78, 5) is 13.2. The van der Waals surface area contributed by atoms with Gasteiger partial charge in [0, 0.05) is 13.1 Å². The Labute approximate surface area is 193 Å². The summed E-state index contributed by atoms with van der Waals surface area (Å²) >= 11 is 0. The van der Waals surface area contributed by atoms with Crippen LogP contribution < -0.4 is 10.1 Å². The third-order valence-corrected chi connectivity index (χ3v) is 7.52. The predicted molar refractivity (Wildman–Crippen MR) is 124 cm³/mol. The van der Waals surface area contributed by atoms with E-state index in [4.69, 9.17) is 9.47 Å². The van der Waals surface area contributed by atoms with Gasteiger partial charge in [-0.05, 0) is 43.7 Å². The van der Waals surface area contributed by atoms with E-state index in [1.165, 1.54) is 35.8 Å². The van der Waals surface area contributed by atoms with Crippen molar-refractivity contribution in [1.82, 2.24) is 14.1 Å². The monoisotopic (exact) mass is 470 g/mol. The molecule has 33 heavy (non-hydrogen) atoms. The van der Waals surface area contributed by atoms with Gasteiger partial charge in [0.05, 0.1) is 54.0 Å². The van der Waals surface area contributed by atoms with E-state index >= 15 is 0 Å². The zero-order chi connectivity index (χ0) is 23.6. The number of nitrogens with one attached hydrogen (secondary N) is 1. The van der Waals surface area contributed by atoms with Crippen molar-refractivity contribution < 1.29 is 22.7 Å². The molecule has 0 aliphatic carbocycles. The molecule has 1 saturated heterocycles. The Morgan fingerprint density at radius 2 is 1.85 bits per heavy atom. The van der Waals surface area contributed by atoms with Crippen LogP contribution >= 0.6 is 0 Å². The largest absolute Gasteiger partial charge is 0.495 e. The van der Waals surface area contributed by atoms with Crippen molar-refractivity contribution in [2.75, 3.05) is 38.7 Å². The number of hydrogen-bond acceptors (Lipinski definition) is 6. The van der Waals surface area contributed by atoms with E-state index in [9.17, 15) is 13.2 Å². The smallest absolute Gasteiger partial charge is 0.259 e. The van der Waals surface area contributed by atoms with Crippen molar-refractivity contribution in [3.63, 3.8) is 0 Å². The molecular weight excluding hydrogens is 444 g/mol. The lowest BCUT2D eigenvalue weighted by Crippen LogP contribution is -2.40. The van der Waals surface area contributed by atoms with Crippen LogP contribution in [-0.4, -0.2) is 61.8 Å². The van der Waals surface area contributed by atoms with Gasteiger partial charge >= 0.3 is 0 Å². The Morgan fingerprint density at radius 3 is 2.55 bits per heavy atom. The summed E-state index contributed by atoms with van der Waals surface area (Å²) in [5.74, 6) is -0.0558. The van der Waals surface area contributed by atoms with Crippen LogP contribution in [0.25, 0.3) is 5.69 Å². The summed E-state index contributed by atoms with van der Waals surface area (Å²) in [6.07, 6.45) is 1.50. The molecule has 0 unspecified atom stereocenters. The van der Waals surface area contributed by atoms with Crippen LogP contribution in [0.2, 0.25) is 0 Å². The average Bonchev–Trinajstić information content (AvgIpc) is 3.21. The summed E-state index contributed by atoms with van der Waals surface area (Å²) in [5, 5.41) is 7.17. The van der Waals surface area contributed by atoms with Gasteiger partial charge in [0.25, 0.3) is 5.91 Å². The molecule has 0 bridgehead atoms. The average molecular weight is 471 g/mol. The van der Waals surface area contributed by atoms with Gasteiger partial charge in [0.15, 0.2) is 0 Å². The van der Waals surface area contributed by atoms with Crippen molar-refractivity contribution in [2.45, 2.75) is 18.7 Å². The Kier molecular flexibility index (Phi) is 6.50. The van der Waals surface area contributed by atoms with E-state index in [1.807, 2.05) is 38.1 Å². The molecule has 1 N–H and O–H groups in total. The maximum absolute atomic E-state index is 13.1. The third kappa shape index (κ3) is 4.50. The number of ether oxygens (including phenoxy) is 2. The van der Waals surface area contributed by atoms with Crippen LogP contribution in [0, 0.1) is 13.8 Å². The summed E-state index contributed by atoms with van der Waals surface area (Å²) < 4.78 is 39.8. The molecule has 174 valence electrons. The number of amides is 1. The highest BCUT2D eigenvalue weighted by atomic mass is 32.2. The van der Waals surface area contributed by atoms with Crippen LogP contribution in [0.3, 0.4) is 0 Å². The number of rotatable bonds is 6. The number of carbonyl (C=O) groups is 1. The number of hydrogen-bond donors (Lipinski definition) is 1. The molecule has 0 spiro atoms. The van der Waals surface area contributed by atoms with Crippen molar-refractivity contribution >= 4 is 21.6 Å². The normalized spacial score (nSPS) is 14.8. The highest BCUT2D eigenvalue weighted by molar-refractivity contribution is 7.89. The summed E-state index contributed by atoms with van der Waals surface area (Å²) in [7, 11) is -2.26. The number of sulfonamides is 1. The van der Waals surface area contributed by atoms with Crippen LogP contribution in [0.4, 0.5) is 5.69 Å². The minimum Gasteiger partial charge on any atom is -0.495 e. The van der Waals surface area contributed by atoms with E-state index in [1.54, 1.807) is 4.68 Å². The molecule has 10 heteroatoms. The fraction of sp³-hybridized carbons (Fsp3) is 0.304. The molecule has 2 heterocycles. The lowest BCUT2D eigenvalue weighted by molar-refractivity contribution is 0.0730. The molecule has 1 fully saturated rings. The first-order valence-corrected chi connectivity index (χ1v) is 11.9.